The van der Waals surface area contributed by atoms with Crippen LogP contribution < -0.4 is 9.47 Å². The minimum absolute atomic E-state index is 0.307. The molecule has 0 radical (unpaired) electrons. The molecule has 4 aromatic rings. The van der Waals surface area contributed by atoms with Crippen LogP contribution >= 0.6 is 0 Å². The van der Waals surface area contributed by atoms with Gasteiger partial charge >= 0.3 is 0 Å². The van der Waals surface area contributed by atoms with E-state index in [1.807, 2.05) is 24.3 Å². The molecule has 0 aliphatic heterocycles. The average molecular weight is 376 g/mol. The lowest BCUT2D eigenvalue weighted by Crippen LogP contribution is -2.03. The average Bonchev–Trinajstić information content (AvgIpc) is 3.19. The van der Waals surface area contributed by atoms with Crippen LogP contribution in [0.1, 0.15) is 0 Å². The molecule has 0 fully saturated rings. The molecule has 0 bridgehead atoms. The van der Waals surface area contributed by atoms with Crippen LogP contribution in [0.25, 0.3) is 28.2 Å². The van der Waals surface area contributed by atoms with Crippen molar-refractivity contribution in [1.29, 1.82) is 0 Å². The Kier molecular flexibility index (Phi) is 4.72. The van der Waals surface area contributed by atoms with Crippen LogP contribution in [-0.2, 0) is 0 Å². The van der Waals surface area contributed by atoms with Gasteiger partial charge in [-0.15, -0.1) is 5.10 Å². The number of halogens is 1. The Morgan fingerprint density at radius 2 is 1.61 bits per heavy atom. The molecular formula is C21H17FN4O2. The molecule has 0 saturated carbocycles. The fourth-order valence-corrected chi connectivity index (χ4v) is 2.98. The molecule has 2 aromatic heterocycles. The summed E-state index contributed by atoms with van der Waals surface area (Å²) >= 11 is 0. The van der Waals surface area contributed by atoms with E-state index < -0.39 is 0 Å². The number of hydrogen-bond acceptors (Lipinski definition) is 5. The third-order valence-corrected chi connectivity index (χ3v) is 4.36. The number of aromatic nitrogens is 4. The molecule has 28 heavy (non-hydrogen) atoms. The maximum absolute atomic E-state index is 13.4. The van der Waals surface area contributed by atoms with Gasteiger partial charge in [0.05, 0.1) is 14.2 Å². The molecule has 0 amide bonds. The van der Waals surface area contributed by atoms with Crippen molar-refractivity contribution in [3.63, 3.8) is 0 Å². The molecule has 140 valence electrons. The van der Waals surface area contributed by atoms with Crippen molar-refractivity contribution in [3.8, 4) is 39.7 Å². The zero-order chi connectivity index (χ0) is 19.5. The van der Waals surface area contributed by atoms with Gasteiger partial charge in [0.2, 0.25) is 0 Å². The molecule has 0 aliphatic rings. The van der Waals surface area contributed by atoms with Crippen molar-refractivity contribution in [2.75, 3.05) is 14.2 Å². The highest BCUT2D eigenvalue weighted by Crippen LogP contribution is 2.35. The lowest BCUT2D eigenvalue weighted by atomic mass is 10.1. The van der Waals surface area contributed by atoms with E-state index >= 15 is 0 Å². The summed E-state index contributed by atoms with van der Waals surface area (Å²) in [5.41, 5.74) is 3.71. The molecule has 0 N–H and O–H groups in total. The van der Waals surface area contributed by atoms with E-state index in [9.17, 15) is 4.39 Å². The Balaban J connectivity index is 1.95. The molecule has 0 saturated heterocycles. The largest absolute Gasteiger partial charge is 0.497 e. The molecule has 4 rings (SSSR count). The minimum atomic E-state index is -0.307. The SMILES string of the molecule is COc1ccc(-n2nnc(-c3ccc(F)cc3)c2-c2ccncc2)c(OC)c1. The second-order valence-corrected chi connectivity index (χ2v) is 5.98. The van der Waals surface area contributed by atoms with Crippen molar-refractivity contribution in [2.24, 2.45) is 0 Å². The van der Waals surface area contributed by atoms with E-state index in [2.05, 4.69) is 15.3 Å². The van der Waals surface area contributed by atoms with Crippen LogP contribution in [0, 0.1) is 5.82 Å². The first-order valence-corrected chi connectivity index (χ1v) is 8.55. The van der Waals surface area contributed by atoms with Crippen molar-refractivity contribution in [3.05, 3.63) is 72.8 Å². The predicted molar refractivity (Wildman–Crippen MR) is 103 cm³/mol. The van der Waals surface area contributed by atoms with Crippen molar-refractivity contribution >= 4 is 0 Å². The summed E-state index contributed by atoms with van der Waals surface area (Å²) in [4.78, 5) is 4.09. The molecule has 0 unspecified atom stereocenters. The second-order valence-electron chi connectivity index (χ2n) is 5.98. The van der Waals surface area contributed by atoms with Gasteiger partial charge in [-0.25, -0.2) is 9.07 Å². The lowest BCUT2D eigenvalue weighted by Gasteiger charge is -2.13. The van der Waals surface area contributed by atoms with E-state index in [-0.39, 0.29) is 5.82 Å². The summed E-state index contributed by atoms with van der Waals surface area (Å²) in [6.07, 6.45) is 3.40. The molecule has 0 atom stereocenters. The van der Waals surface area contributed by atoms with Crippen molar-refractivity contribution in [2.45, 2.75) is 0 Å². The summed E-state index contributed by atoms with van der Waals surface area (Å²) in [6, 6.07) is 15.4. The van der Waals surface area contributed by atoms with Crippen LogP contribution in [0.2, 0.25) is 0 Å². The first-order chi connectivity index (χ1) is 13.7. The topological polar surface area (TPSA) is 62.1 Å². The number of hydrogen-bond donors (Lipinski definition) is 0. The lowest BCUT2D eigenvalue weighted by molar-refractivity contribution is 0.392. The Bertz CT molecular complexity index is 1100. The van der Waals surface area contributed by atoms with Gasteiger partial charge in [0.15, 0.2) is 0 Å². The number of ether oxygens (including phenoxy) is 2. The van der Waals surface area contributed by atoms with E-state index in [4.69, 9.17) is 9.47 Å². The first-order valence-electron chi connectivity index (χ1n) is 8.55. The summed E-state index contributed by atoms with van der Waals surface area (Å²) in [7, 11) is 3.18. The standard InChI is InChI=1S/C21H17FN4O2/c1-27-17-7-8-18(19(13-17)28-2)26-21(15-9-11-23-12-10-15)20(24-25-26)14-3-5-16(22)6-4-14/h3-13H,1-2H3. The van der Waals surface area contributed by atoms with Crippen molar-refractivity contribution in [1.82, 2.24) is 20.0 Å². The van der Waals surface area contributed by atoms with E-state index in [1.165, 1.54) is 12.1 Å². The van der Waals surface area contributed by atoms with Crippen LogP contribution in [0.3, 0.4) is 0 Å². The monoisotopic (exact) mass is 376 g/mol. The van der Waals surface area contributed by atoms with E-state index in [0.717, 1.165) is 16.8 Å². The second kappa shape index (κ2) is 7.48. The molecule has 0 spiro atoms. The number of pyridine rings is 1. The van der Waals surface area contributed by atoms with Crippen LogP contribution in [-0.4, -0.2) is 34.2 Å². The fraction of sp³-hybridized carbons (Fsp3) is 0.0952. The summed E-state index contributed by atoms with van der Waals surface area (Å²) < 4.78 is 25.9. The minimum Gasteiger partial charge on any atom is -0.497 e. The molecule has 7 heteroatoms. The Labute approximate surface area is 161 Å². The summed E-state index contributed by atoms with van der Waals surface area (Å²) in [5.74, 6) is 0.952. The maximum atomic E-state index is 13.4. The Morgan fingerprint density at radius 3 is 2.29 bits per heavy atom. The van der Waals surface area contributed by atoms with Crippen LogP contribution in [0.5, 0.6) is 11.5 Å². The van der Waals surface area contributed by atoms with Gasteiger partial charge in [0.1, 0.15) is 34.4 Å². The maximum Gasteiger partial charge on any atom is 0.148 e. The highest BCUT2D eigenvalue weighted by atomic mass is 19.1. The number of rotatable bonds is 5. The Hall–Kier alpha value is -3.74. The first kappa shape index (κ1) is 17.7. The molecule has 0 aliphatic carbocycles. The van der Waals surface area contributed by atoms with Gasteiger partial charge in [-0.05, 0) is 48.5 Å². The molecule has 6 nitrogen and oxygen atoms in total. The number of nitrogens with zero attached hydrogens (tertiary/aromatic N) is 4. The molecular weight excluding hydrogens is 359 g/mol. The van der Waals surface area contributed by atoms with Crippen molar-refractivity contribution < 1.29 is 13.9 Å². The summed E-state index contributed by atoms with van der Waals surface area (Å²) in [6.45, 7) is 0. The van der Waals surface area contributed by atoms with E-state index in [0.29, 0.717) is 22.9 Å². The van der Waals surface area contributed by atoms with Gasteiger partial charge in [-0.3, -0.25) is 4.98 Å². The van der Waals surface area contributed by atoms with Crippen LogP contribution in [0.15, 0.2) is 67.0 Å². The number of benzene rings is 2. The highest BCUT2D eigenvalue weighted by molar-refractivity contribution is 5.79. The van der Waals surface area contributed by atoms with Gasteiger partial charge in [0, 0.05) is 29.6 Å². The third-order valence-electron chi connectivity index (χ3n) is 4.36. The zero-order valence-corrected chi connectivity index (χ0v) is 15.3. The van der Waals surface area contributed by atoms with Gasteiger partial charge in [0.25, 0.3) is 0 Å². The van der Waals surface area contributed by atoms with Gasteiger partial charge in [-0.2, -0.15) is 0 Å². The summed E-state index contributed by atoms with van der Waals surface area (Å²) in [5, 5.41) is 8.73. The predicted octanol–water partition coefficient (Wildman–Crippen LogP) is 4.15. The third kappa shape index (κ3) is 3.18. The highest BCUT2D eigenvalue weighted by Gasteiger charge is 2.20. The van der Waals surface area contributed by atoms with Gasteiger partial charge in [-0.1, -0.05) is 5.21 Å². The zero-order valence-electron chi connectivity index (χ0n) is 15.3. The molecule has 2 heterocycles. The normalized spacial score (nSPS) is 10.7. The molecule has 2 aromatic carbocycles. The number of methoxy groups -OCH3 is 2. The van der Waals surface area contributed by atoms with E-state index in [1.54, 1.807) is 49.5 Å². The smallest absolute Gasteiger partial charge is 0.148 e. The quantitative estimate of drug-likeness (QED) is 0.524. The Morgan fingerprint density at radius 1 is 0.857 bits per heavy atom. The van der Waals surface area contributed by atoms with Crippen LogP contribution in [0.4, 0.5) is 4.39 Å². The van der Waals surface area contributed by atoms with Gasteiger partial charge < -0.3 is 9.47 Å². The fourth-order valence-electron chi connectivity index (χ4n) is 2.98.